The SMILES string of the molecule is CCNC(Cc1nc(C)cs1)c1cc(F)ccc1F. The molecular weight excluding hydrogens is 266 g/mol. The first kappa shape index (κ1) is 14.1. The van der Waals surface area contributed by atoms with Gasteiger partial charge in [-0.2, -0.15) is 0 Å². The zero-order valence-corrected chi connectivity index (χ0v) is 11.7. The third kappa shape index (κ3) is 3.58. The molecule has 0 spiro atoms. The van der Waals surface area contributed by atoms with Crippen molar-refractivity contribution in [1.29, 1.82) is 0 Å². The number of rotatable bonds is 5. The lowest BCUT2D eigenvalue weighted by molar-refractivity contribution is 0.501. The zero-order chi connectivity index (χ0) is 13.8. The molecule has 0 saturated carbocycles. The van der Waals surface area contributed by atoms with E-state index in [-0.39, 0.29) is 11.9 Å². The summed E-state index contributed by atoms with van der Waals surface area (Å²) in [5.41, 5.74) is 1.31. The van der Waals surface area contributed by atoms with Gasteiger partial charge >= 0.3 is 0 Å². The molecule has 2 aromatic rings. The van der Waals surface area contributed by atoms with Gasteiger partial charge in [0.25, 0.3) is 0 Å². The fourth-order valence-electron chi connectivity index (χ4n) is 1.99. The lowest BCUT2D eigenvalue weighted by atomic mass is 10.0. The van der Waals surface area contributed by atoms with E-state index in [9.17, 15) is 8.78 Å². The number of likely N-dealkylation sites (N-methyl/N-ethyl adjacent to an activating group) is 1. The average Bonchev–Trinajstić information content (AvgIpc) is 2.77. The molecule has 0 radical (unpaired) electrons. The molecule has 0 aliphatic rings. The van der Waals surface area contributed by atoms with Crippen LogP contribution in [0.25, 0.3) is 0 Å². The molecule has 0 amide bonds. The molecule has 0 aliphatic heterocycles. The molecule has 5 heteroatoms. The molecule has 0 bridgehead atoms. The summed E-state index contributed by atoms with van der Waals surface area (Å²) in [6, 6.07) is 3.30. The molecule has 102 valence electrons. The fraction of sp³-hybridized carbons (Fsp3) is 0.357. The third-order valence-corrected chi connectivity index (χ3v) is 3.82. The summed E-state index contributed by atoms with van der Waals surface area (Å²) in [6.45, 7) is 4.55. The maximum Gasteiger partial charge on any atom is 0.128 e. The predicted molar refractivity (Wildman–Crippen MR) is 73.3 cm³/mol. The Kier molecular flexibility index (Phi) is 4.61. The predicted octanol–water partition coefficient (Wildman–Crippen LogP) is 3.62. The van der Waals surface area contributed by atoms with Crippen LogP contribution >= 0.6 is 11.3 Å². The van der Waals surface area contributed by atoms with E-state index in [4.69, 9.17) is 0 Å². The first-order valence-electron chi connectivity index (χ1n) is 6.19. The molecule has 0 fully saturated rings. The molecule has 1 aromatic carbocycles. The average molecular weight is 282 g/mol. The van der Waals surface area contributed by atoms with Crippen molar-refractivity contribution in [3.8, 4) is 0 Å². The van der Waals surface area contributed by atoms with Crippen LogP contribution in [0.3, 0.4) is 0 Å². The summed E-state index contributed by atoms with van der Waals surface area (Å²) >= 11 is 1.54. The van der Waals surface area contributed by atoms with Crippen molar-refractivity contribution in [1.82, 2.24) is 10.3 Å². The third-order valence-electron chi connectivity index (χ3n) is 2.83. The molecule has 1 aromatic heterocycles. The lowest BCUT2D eigenvalue weighted by Crippen LogP contribution is -2.24. The first-order valence-corrected chi connectivity index (χ1v) is 7.07. The maximum atomic E-state index is 13.8. The van der Waals surface area contributed by atoms with Gasteiger partial charge in [-0.05, 0) is 31.7 Å². The number of benzene rings is 1. The van der Waals surface area contributed by atoms with E-state index in [2.05, 4.69) is 10.3 Å². The number of hydrogen-bond donors (Lipinski definition) is 1. The van der Waals surface area contributed by atoms with Gasteiger partial charge in [-0.1, -0.05) is 6.92 Å². The Labute approximate surface area is 115 Å². The lowest BCUT2D eigenvalue weighted by Gasteiger charge is -2.18. The molecular formula is C14H16F2N2S. The Morgan fingerprint density at radius 2 is 2.16 bits per heavy atom. The number of thiazole rings is 1. The second kappa shape index (κ2) is 6.21. The summed E-state index contributed by atoms with van der Waals surface area (Å²) in [6.07, 6.45) is 0.562. The minimum Gasteiger partial charge on any atom is -0.310 e. The van der Waals surface area contributed by atoms with E-state index in [1.807, 2.05) is 19.2 Å². The normalized spacial score (nSPS) is 12.6. The molecule has 2 nitrogen and oxygen atoms in total. The number of nitrogens with zero attached hydrogens (tertiary/aromatic N) is 1. The quantitative estimate of drug-likeness (QED) is 0.906. The van der Waals surface area contributed by atoms with Crippen LogP contribution in [0.5, 0.6) is 0 Å². The van der Waals surface area contributed by atoms with Crippen molar-refractivity contribution in [2.75, 3.05) is 6.54 Å². The highest BCUT2D eigenvalue weighted by molar-refractivity contribution is 7.09. The fourth-order valence-corrected chi connectivity index (χ4v) is 2.81. The number of hydrogen-bond acceptors (Lipinski definition) is 3. The molecule has 1 N–H and O–H groups in total. The summed E-state index contributed by atoms with van der Waals surface area (Å²) in [5, 5.41) is 6.07. The van der Waals surface area contributed by atoms with Crippen molar-refractivity contribution in [3.63, 3.8) is 0 Å². The molecule has 19 heavy (non-hydrogen) atoms. The van der Waals surface area contributed by atoms with Crippen LogP contribution in [0.2, 0.25) is 0 Å². The van der Waals surface area contributed by atoms with Crippen molar-refractivity contribution in [3.05, 3.63) is 51.5 Å². The maximum absolute atomic E-state index is 13.8. The summed E-state index contributed by atoms with van der Waals surface area (Å²) in [5.74, 6) is -0.810. The van der Waals surface area contributed by atoms with Gasteiger partial charge in [0.2, 0.25) is 0 Å². The molecule has 2 rings (SSSR count). The molecule has 1 heterocycles. The van der Waals surface area contributed by atoms with Gasteiger partial charge in [-0.3, -0.25) is 0 Å². The number of aryl methyl sites for hydroxylation is 1. The van der Waals surface area contributed by atoms with Crippen LogP contribution in [0.4, 0.5) is 8.78 Å². The van der Waals surface area contributed by atoms with Gasteiger partial charge in [-0.15, -0.1) is 11.3 Å². The highest BCUT2D eigenvalue weighted by Gasteiger charge is 2.17. The van der Waals surface area contributed by atoms with E-state index in [0.717, 1.165) is 16.8 Å². The Balaban J connectivity index is 2.26. The molecule has 1 atom stereocenters. The van der Waals surface area contributed by atoms with Crippen molar-refractivity contribution >= 4 is 11.3 Å². The smallest absolute Gasteiger partial charge is 0.128 e. The Morgan fingerprint density at radius 1 is 1.37 bits per heavy atom. The van der Waals surface area contributed by atoms with Gasteiger partial charge in [0.1, 0.15) is 11.6 Å². The second-order valence-corrected chi connectivity index (χ2v) is 5.31. The van der Waals surface area contributed by atoms with Gasteiger partial charge in [-0.25, -0.2) is 13.8 Å². The largest absolute Gasteiger partial charge is 0.310 e. The van der Waals surface area contributed by atoms with Crippen molar-refractivity contribution in [2.24, 2.45) is 0 Å². The van der Waals surface area contributed by atoms with E-state index < -0.39 is 5.82 Å². The van der Waals surface area contributed by atoms with Crippen LogP contribution in [-0.4, -0.2) is 11.5 Å². The highest BCUT2D eigenvalue weighted by Crippen LogP contribution is 2.23. The van der Waals surface area contributed by atoms with E-state index in [1.165, 1.54) is 12.1 Å². The van der Waals surface area contributed by atoms with Gasteiger partial charge in [0.05, 0.1) is 5.01 Å². The minimum absolute atomic E-state index is 0.258. The minimum atomic E-state index is -0.422. The van der Waals surface area contributed by atoms with Gasteiger partial charge < -0.3 is 5.32 Å². The summed E-state index contributed by atoms with van der Waals surface area (Å²) in [4.78, 5) is 4.37. The first-order chi connectivity index (χ1) is 9.10. The monoisotopic (exact) mass is 282 g/mol. The van der Waals surface area contributed by atoms with E-state index in [1.54, 1.807) is 11.3 Å². The number of aromatic nitrogens is 1. The van der Waals surface area contributed by atoms with Gasteiger partial charge in [0.15, 0.2) is 0 Å². The Bertz CT molecular complexity index is 554. The van der Waals surface area contributed by atoms with Gasteiger partial charge in [0, 0.05) is 29.1 Å². The van der Waals surface area contributed by atoms with Crippen molar-refractivity contribution < 1.29 is 8.78 Å². The topological polar surface area (TPSA) is 24.9 Å². The van der Waals surface area contributed by atoms with E-state index >= 15 is 0 Å². The molecule has 1 unspecified atom stereocenters. The van der Waals surface area contributed by atoms with Crippen LogP contribution < -0.4 is 5.32 Å². The van der Waals surface area contributed by atoms with Crippen LogP contribution in [0.15, 0.2) is 23.6 Å². The van der Waals surface area contributed by atoms with Crippen LogP contribution in [-0.2, 0) is 6.42 Å². The molecule has 0 saturated heterocycles. The Morgan fingerprint density at radius 3 is 2.79 bits per heavy atom. The summed E-state index contributed by atoms with van der Waals surface area (Å²) < 4.78 is 27.1. The Hall–Kier alpha value is -1.33. The number of nitrogens with one attached hydrogen (secondary N) is 1. The van der Waals surface area contributed by atoms with Crippen LogP contribution in [0.1, 0.15) is 29.2 Å². The molecule has 0 aliphatic carbocycles. The second-order valence-electron chi connectivity index (χ2n) is 4.36. The standard InChI is InChI=1S/C14H16F2N2S/c1-3-17-13(7-14-18-9(2)8-19-14)11-6-10(15)4-5-12(11)16/h4-6,8,13,17H,3,7H2,1-2H3. The summed E-state index contributed by atoms with van der Waals surface area (Å²) in [7, 11) is 0. The number of halogens is 2. The van der Waals surface area contributed by atoms with Crippen LogP contribution in [0, 0.1) is 18.6 Å². The van der Waals surface area contributed by atoms with Crippen molar-refractivity contribution in [2.45, 2.75) is 26.3 Å². The van der Waals surface area contributed by atoms with E-state index in [0.29, 0.717) is 18.5 Å². The zero-order valence-electron chi connectivity index (χ0n) is 10.9. The highest BCUT2D eigenvalue weighted by atomic mass is 32.1.